The number of benzene rings is 1. The zero-order valence-corrected chi connectivity index (χ0v) is 10.3. The van der Waals surface area contributed by atoms with Gasteiger partial charge in [-0.3, -0.25) is 0 Å². The standard InChI is InChI=1S/C10H15N3O2S/c1-13(2)10(12-16(3,14)15)8-4-6-9(11)7-5-8/h4-7H,11H2,1-3H3/b12-10-. The first kappa shape index (κ1) is 12.5. The largest absolute Gasteiger partial charge is 0.399 e. The number of sulfonamides is 1. The van der Waals surface area contributed by atoms with Crippen LogP contribution in [-0.4, -0.2) is 39.5 Å². The summed E-state index contributed by atoms with van der Waals surface area (Å²) >= 11 is 0. The third-order valence-electron chi connectivity index (χ3n) is 1.84. The predicted molar refractivity (Wildman–Crippen MR) is 65.9 cm³/mol. The lowest BCUT2D eigenvalue weighted by molar-refractivity contribution is 0.597. The molecule has 88 valence electrons. The summed E-state index contributed by atoms with van der Waals surface area (Å²) in [5.74, 6) is 0.391. The molecule has 0 saturated heterocycles. The van der Waals surface area contributed by atoms with Crippen molar-refractivity contribution in [2.45, 2.75) is 0 Å². The van der Waals surface area contributed by atoms with Crippen molar-refractivity contribution in [1.82, 2.24) is 4.90 Å². The molecule has 2 N–H and O–H groups in total. The number of nitrogens with two attached hydrogens (primary N) is 1. The average Bonchev–Trinajstić information content (AvgIpc) is 2.14. The SMILES string of the molecule is CN(C)/C(=N\S(C)(=O)=O)c1ccc(N)cc1. The third kappa shape index (κ3) is 3.54. The topological polar surface area (TPSA) is 75.8 Å². The molecule has 0 bridgehead atoms. The van der Waals surface area contributed by atoms with E-state index in [9.17, 15) is 8.42 Å². The Labute approximate surface area is 95.6 Å². The van der Waals surface area contributed by atoms with Gasteiger partial charge in [0.25, 0.3) is 10.0 Å². The third-order valence-corrected chi connectivity index (χ3v) is 2.35. The molecule has 0 saturated carbocycles. The highest BCUT2D eigenvalue weighted by molar-refractivity contribution is 7.89. The molecule has 1 aromatic carbocycles. The first-order chi connectivity index (χ1) is 7.29. The van der Waals surface area contributed by atoms with Crippen molar-refractivity contribution in [3.8, 4) is 0 Å². The number of amidine groups is 1. The van der Waals surface area contributed by atoms with Gasteiger partial charge >= 0.3 is 0 Å². The maximum atomic E-state index is 11.1. The number of anilines is 1. The summed E-state index contributed by atoms with van der Waals surface area (Å²) in [7, 11) is 0.0614. The zero-order valence-electron chi connectivity index (χ0n) is 9.51. The van der Waals surface area contributed by atoms with E-state index in [0.29, 0.717) is 17.1 Å². The van der Waals surface area contributed by atoms with Crippen molar-refractivity contribution >= 4 is 21.5 Å². The van der Waals surface area contributed by atoms with Gasteiger partial charge in [0.1, 0.15) is 5.84 Å². The van der Waals surface area contributed by atoms with Crippen molar-refractivity contribution in [3.05, 3.63) is 29.8 Å². The van der Waals surface area contributed by atoms with E-state index >= 15 is 0 Å². The second kappa shape index (κ2) is 4.52. The molecule has 1 rings (SSSR count). The molecule has 6 heteroatoms. The molecule has 16 heavy (non-hydrogen) atoms. The van der Waals surface area contributed by atoms with Crippen LogP contribution in [0.4, 0.5) is 5.69 Å². The van der Waals surface area contributed by atoms with E-state index < -0.39 is 10.0 Å². The van der Waals surface area contributed by atoms with Crippen LogP contribution in [0.5, 0.6) is 0 Å². The van der Waals surface area contributed by atoms with Crippen LogP contribution in [-0.2, 0) is 10.0 Å². The maximum Gasteiger partial charge on any atom is 0.252 e. The van der Waals surface area contributed by atoms with Gasteiger partial charge in [0.05, 0.1) is 6.26 Å². The molecule has 0 atom stereocenters. The fourth-order valence-corrected chi connectivity index (χ4v) is 1.76. The molecule has 0 heterocycles. The van der Waals surface area contributed by atoms with Crippen LogP contribution in [0.2, 0.25) is 0 Å². The van der Waals surface area contributed by atoms with Gasteiger partial charge < -0.3 is 10.6 Å². The Morgan fingerprint density at radius 3 is 2.12 bits per heavy atom. The van der Waals surface area contributed by atoms with Gasteiger partial charge in [0.2, 0.25) is 0 Å². The first-order valence-corrected chi connectivity index (χ1v) is 6.47. The number of rotatable bonds is 2. The minimum atomic E-state index is -3.41. The Morgan fingerprint density at radius 1 is 1.25 bits per heavy atom. The number of nitrogen functional groups attached to an aromatic ring is 1. The Hall–Kier alpha value is -1.56. The minimum Gasteiger partial charge on any atom is -0.399 e. The van der Waals surface area contributed by atoms with Crippen LogP contribution in [0, 0.1) is 0 Å². The van der Waals surface area contributed by atoms with Gasteiger partial charge in [-0.1, -0.05) is 0 Å². The summed E-state index contributed by atoms with van der Waals surface area (Å²) in [4.78, 5) is 1.65. The lowest BCUT2D eigenvalue weighted by atomic mass is 10.2. The van der Waals surface area contributed by atoms with Crippen molar-refractivity contribution in [3.63, 3.8) is 0 Å². The normalized spacial score (nSPS) is 12.6. The van der Waals surface area contributed by atoms with E-state index in [2.05, 4.69) is 4.40 Å². The molecule has 0 aliphatic carbocycles. The molecule has 5 nitrogen and oxygen atoms in total. The Bertz CT molecular complexity index is 489. The number of nitrogens with zero attached hydrogens (tertiary/aromatic N) is 2. The molecule has 0 spiro atoms. The summed E-state index contributed by atoms with van der Waals surface area (Å²) in [5, 5.41) is 0. The first-order valence-electron chi connectivity index (χ1n) is 4.63. The fourth-order valence-electron chi connectivity index (χ4n) is 1.18. The van der Waals surface area contributed by atoms with E-state index in [0.717, 1.165) is 6.26 Å². The van der Waals surface area contributed by atoms with Gasteiger partial charge in [0, 0.05) is 25.3 Å². The van der Waals surface area contributed by atoms with Crippen molar-refractivity contribution in [1.29, 1.82) is 0 Å². The van der Waals surface area contributed by atoms with Crippen LogP contribution >= 0.6 is 0 Å². The Balaban J connectivity index is 3.24. The molecule has 0 amide bonds. The van der Waals surface area contributed by atoms with E-state index in [4.69, 9.17) is 5.73 Å². The molecule has 0 radical (unpaired) electrons. The number of hydrogen-bond acceptors (Lipinski definition) is 3. The lowest BCUT2D eigenvalue weighted by Crippen LogP contribution is -2.24. The fraction of sp³-hybridized carbons (Fsp3) is 0.300. The predicted octanol–water partition coefficient (Wildman–Crippen LogP) is 0.537. The van der Waals surface area contributed by atoms with Gasteiger partial charge in [-0.2, -0.15) is 0 Å². The quantitative estimate of drug-likeness (QED) is 0.466. The highest BCUT2D eigenvalue weighted by Gasteiger charge is 2.09. The van der Waals surface area contributed by atoms with Gasteiger partial charge in [-0.05, 0) is 24.3 Å². The molecule has 0 aromatic heterocycles. The van der Waals surface area contributed by atoms with Crippen molar-refractivity contribution in [2.75, 3.05) is 26.1 Å². The molecule has 0 unspecified atom stereocenters. The molecular formula is C10H15N3O2S. The second-order valence-corrected chi connectivity index (χ2v) is 5.31. The van der Waals surface area contributed by atoms with E-state index in [-0.39, 0.29) is 0 Å². The summed E-state index contributed by atoms with van der Waals surface area (Å²) < 4.78 is 26.0. The van der Waals surface area contributed by atoms with Gasteiger partial charge in [-0.25, -0.2) is 8.42 Å². The second-order valence-electron chi connectivity index (χ2n) is 3.66. The van der Waals surface area contributed by atoms with Crippen LogP contribution in [0.3, 0.4) is 0 Å². The Morgan fingerprint density at radius 2 is 1.75 bits per heavy atom. The summed E-state index contributed by atoms with van der Waals surface area (Å²) in [6.07, 6.45) is 1.06. The van der Waals surface area contributed by atoms with Gasteiger partial charge in [0.15, 0.2) is 0 Å². The van der Waals surface area contributed by atoms with Crippen LogP contribution in [0.25, 0.3) is 0 Å². The molecular weight excluding hydrogens is 226 g/mol. The van der Waals surface area contributed by atoms with E-state index in [1.165, 1.54) is 0 Å². The van der Waals surface area contributed by atoms with Crippen molar-refractivity contribution in [2.24, 2.45) is 4.40 Å². The molecule has 0 fully saturated rings. The molecule has 0 aliphatic rings. The monoisotopic (exact) mass is 241 g/mol. The lowest BCUT2D eigenvalue weighted by Gasteiger charge is -2.15. The number of hydrogen-bond donors (Lipinski definition) is 1. The highest BCUT2D eigenvalue weighted by Crippen LogP contribution is 2.09. The van der Waals surface area contributed by atoms with Crippen molar-refractivity contribution < 1.29 is 8.42 Å². The summed E-state index contributed by atoms with van der Waals surface area (Å²) in [5.41, 5.74) is 6.90. The van der Waals surface area contributed by atoms with E-state index in [1.54, 1.807) is 43.3 Å². The van der Waals surface area contributed by atoms with E-state index in [1.807, 2.05) is 0 Å². The average molecular weight is 241 g/mol. The minimum absolute atomic E-state index is 0.391. The molecule has 1 aromatic rings. The Kier molecular flexibility index (Phi) is 3.54. The summed E-state index contributed by atoms with van der Waals surface area (Å²) in [6.45, 7) is 0. The summed E-state index contributed by atoms with van der Waals surface area (Å²) in [6, 6.07) is 6.88. The van der Waals surface area contributed by atoms with Crippen LogP contribution in [0.1, 0.15) is 5.56 Å². The molecule has 0 aliphatic heterocycles. The maximum absolute atomic E-state index is 11.1. The smallest absolute Gasteiger partial charge is 0.252 e. The zero-order chi connectivity index (χ0) is 12.3. The van der Waals surface area contributed by atoms with Crippen LogP contribution in [0.15, 0.2) is 28.7 Å². The highest BCUT2D eigenvalue weighted by atomic mass is 32.2. The van der Waals surface area contributed by atoms with Crippen LogP contribution < -0.4 is 5.73 Å². The van der Waals surface area contributed by atoms with Gasteiger partial charge in [-0.15, -0.1) is 4.40 Å².